The predicted molar refractivity (Wildman–Crippen MR) is 64.6 cm³/mol. The SMILES string of the molecule is c1ncc2c(n1)CCN(CC1CCCCO1)C2. The van der Waals surface area contributed by atoms with E-state index < -0.39 is 0 Å². The van der Waals surface area contributed by atoms with Crippen molar-refractivity contribution in [3.8, 4) is 0 Å². The van der Waals surface area contributed by atoms with Gasteiger partial charge < -0.3 is 4.74 Å². The van der Waals surface area contributed by atoms with Crippen LogP contribution in [0.25, 0.3) is 0 Å². The van der Waals surface area contributed by atoms with E-state index in [-0.39, 0.29) is 0 Å². The van der Waals surface area contributed by atoms with Crippen LogP contribution in [-0.4, -0.2) is 40.7 Å². The first kappa shape index (κ1) is 11.1. The molecule has 92 valence electrons. The van der Waals surface area contributed by atoms with E-state index in [2.05, 4.69) is 14.9 Å². The molecule has 3 rings (SSSR count). The highest BCUT2D eigenvalue weighted by molar-refractivity contribution is 5.18. The summed E-state index contributed by atoms with van der Waals surface area (Å²) in [5.74, 6) is 0. The van der Waals surface area contributed by atoms with Crippen LogP contribution in [0.3, 0.4) is 0 Å². The molecule has 2 aliphatic heterocycles. The highest BCUT2D eigenvalue weighted by Crippen LogP contribution is 2.19. The van der Waals surface area contributed by atoms with Crippen molar-refractivity contribution in [2.75, 3.05) is 19.7 Å². The average Bonchev–Trinajstić information content (AvgIpc) is 2.40. The molecule has 0 aromatic carbocycles. The average molecular weight is 233 g/mol. The van der Waals surface area contributed by atoms with Crippen molar-refractivity contribution in [2.24, 2.45) is 0 Å². The monoisotopic (exact) mass is 233 g/mol. The van der Waals surface area contributed by atoms with E-state index in [1.54, 1.807) is 6.33 Å². The zero-order valence-electron chi connectivity index (χ0n) is 10.1. The summed E-state index contributed by atoms with van der Waals surface area (Å²) >= 11 is 0. The van der Waals surface area contributed by atoms with Crippen LogP contribution in [-0.2, 0) is 17.7 Å². The lowest BCUT2D eigenvalue weighted by molar-refractivity contribution is -0.00815. The highest BCUT2D eigenvalue weighted by atomic mass is 16.5. The molecule has 1 aromatic rings. The largest absolute Gasteiger partial charge is 0.377 e. The molecule has 0 saturated carbocycles. The molecule has 0 amide bonds. The third-order valence-electron chi connectivity index (χ3n) is 3.68. The van der Waals surface area contributed by atoms with Gasteiger partial charge in [-0.05, 0) is 19.3 Å². The summed E-state index contributed by atoms with van der Waals surface area (Å²) in [6, 6.07) is 0. The van der Waals surface area contributed by atoms with Gasteiger partial charge in [0.2, 0.25) is 0 Å². The minimum Gasteiger partial charge on any atom is -0.377 e. The van der Waals surface area contributed by atoms with Crippen LogP contribution >= 0.6 is 0 Å². The van der Waals surface area contributed by atoms with Gasteiger partial charge in [0.1, 0.15) is 6.33 Å². The van der Waals surface area contributed by atoms with Crippen LogP contribution in [0, 0.1) is 0 Å². The smallest absolute Gasteiger partial charge is 0.115 e. The quantitative estimate of drug-likeness (QED) is 0.774. The Balaban J connectivity index is 1.60. The molecule has 1 atom stereocenters. The van der Waals surface area contributed by atoms with Gasteiger partial charge in [-0.1, -0.05) is 0 Å². The number of nitrogens with zero attached hydrogens (tertiary/aromatic N) is 3. The summed E-state index contributed by atoms with van der Waals surface area (Å²) in [6.45, 7) is 4.09. The molecule has 1 aromatic heterocycles. The summed E-state index contributed by atoms with van der Waals surface area (Å²) in [5, 5.41) is 0. The summed E-state index contributed by atoms with van der Waals surface area (Å²) in [7, 11) is 0. The normalized spacial score (nSPS) is 25.5. The van der Waals surface area contributed by atoms with E-state index in [1.807, 2.05) is 6.20 Å². The second-order valence-corrected chi connectivity index (χ2v) is 4.97. The van der Waals surface area contributed by atoms with E-state index in [1.165, 1.54) is 30.5 Å². The van der Waals surface area contributed by atoms with Crippen LogP contribution in [0.2, 0.25) is 0 Å². The third kappa shape index (κ3) is 2.64. The molecule has 1 saturated heterocycles. The number of aromatic nitrogens is 2. The molecule has 4 nitrogen and oxygen atoms in total. The molecule has 0 N–H and O–H groups in total. The molecule has 17 heavy (non-hydrogen) atoms. The Morgan fingerprint density at radius 2 is 2.41 bits per heavy atom. The molecule has 0 spiro atoms. The fourth-order valence-electron chi connectivity index (χ4n) is 2.72. The second-order valence-electron chi connectivity index (χ2n) is 4.97. The predicted octanol–water partition coefficient (Wildman–Crippen LogP) is 1.40. The second kappa shape index (κ2) is 5.10. The fourth-order valence-corrected chi connectivity index (χ4v) is 2.72. The first-order valence-corrected chi connectivity index (χ1v) is 6.53. The van der Waals surface area contributed by atoms with Gasteiger partial charge in [-0.3, -0.25) is 4.90 Å². The van der Waals surface area contributed by atoms with E-state index in [9.17, 15) is 0 Å². The Morgan fingerprint density at radius 1 is 1.41 bits per heavy atom. The summed E-state index contributed by atoms with van der Waals surface area (Å²) in [5.41, 5.74) is 2.51. The number of hydrogen-bond donors (Lipinski definition) is 0. The Hall–Kier alpha value is -1.00. The van der Waals surface area contributed by atoms with Gasteiger partial charge in [0.25, 0.3) is 0 Å². The van der Waals surface area contributed by atoms with Crippen LogP contribution in [0.1, 0.15) is 30.5 Å². The molecular weight excluding hydrogens is 214 g/mol. The zero-order valence-corrected chi connectivity index (χ0v) is 10.1. The van der Waals surface area contributed by atoms with E-state index >= 15 is 0 Å². The van der Waals surface area contributed by atoms with Gasteiger partial charge >= 0.3 is 0 Å². The van der Waals surface area contributed by atoms with Crippen molar-refractivity contribution in [2.45, 2.75) is 38.3 Å². The molecule has 1 fully saturated rings. The molecule has 1 unspecified atom stereocenters. The van der Waals surface area contributed by atoms with Gasteiger partial charge in [0.05, 0.1) is 6.10 Å². The number of ether oxygens (including phenoxy) is 1. The number of rotatable bonds is 2. The maximum Gasteiger partial charge on any atom is 0.115 e. The standard InChI is InChI=1S/C13H19N3O/c1-2-6-17-12(3-1)9-16-5-4-13-11(8-16)7-14-10-15-13/h7,10,12H,1-6,8-9H2. The van der Waals surface area contributed by atoms with Crippen LogP contribution < -0.4 is 0 Å². The van der Waals surface area contributed by atoms with Crippen molar-refractivity contribution in [3.05, 3.63) is 23.8 Å². The van der Waals surface area contributed by atoms with Crippen LogP contribution in [0.5, 0.6) is 0 Å². The van der Waals surface area contributed by atoms with Crippen molar-refractivity contribution in [1.29, 1.82) is 0 Å². The van der Waals surface area contributed by atoms with Crippen LogP contribution in [0.4, 0.5) is 0 Å². The lowest BCUT2D eigenvalue weighted by Crippen LogP contribution is -2.39. The topological polar surface area (TPSA) is 38.2 Å². The molecule has 4 heteroatoms. The van der Waals surface area contributed by atoms with Crippen molar-refractivity contribution < 1.29 is 4.74 Å². The molecule has 0 bridgehead atoms. The van der Waals surface area contributed by atoms with Crippen molar-refractivity contribution >= 4 is 0 Å². The number of hydrogen-bond acceptors (Lipinski definition) is 4. The molecule has 0 aliphatic carbocycles. The van der Waals surface area contributed by atoms with Crippen LogP contribution in [0.15, 0.2) is 12.5 Å². The maximum absolute atomic E-state index is 5.80. The Kier molecular flexibility index (Phi) is 3.34. The van der Waals surface area contributed by atoms with E-state index in [0.717, 1.165) is 32.7 Å². The molecule has 3 heterocycles. The van der Waals surface area contributed by atoms with Gasteiger partial charge in [-0.25, -0.2) is 9.97 Å². The summed E-state index contributed by atoms with van der Waals surface area (Å²) in [6.07, 6.45) is 8.86. The fraction of sp³-hybridized carbons (Fsp3) is 0.692. The molecule has 0 radical (unpaired) electrons. The minimum atomic E-state index is 0.440. The van der Waals surface area contributed by atoms with E-state index in [0.29, 0.717) is 6.10 Å². The minimum absolute atomic E-state index is 0.440. The molecule has 2 aliphatic rings. The Morgan fingerprint density at radius 3 is 3.29 bits per heavy atom. The van der Waals surface area contributed by atoms with E-state index in [4.69, 9.17) is 4.74 Å². The summed E-state index contributed by atoms with van der Waals surface area (Å²) in [4.78, 5) is 10.9. The van der Waals surface area contributed by atoms with Crippen molar-refractivity contribution in [3.63, 3.8) is 0 Å². The Bertz CT molecular complexity index is 377. The highest BCUT2D eigenvalue weighted by Gasteiger charge is 2.22. The van der Waals surface area contributed by atoms with Gasteiger partial charge in [-0.2, -0.15) is 0 Å². The molecular formula is C13H19N3O. The third-order valence-corrected chi connectivity index (χ3v) is 3.68. The van der Waals surface area contributed by atoms with Gasteiger partial charge in [0, 0.05) is 50.1 Å². The number of fused-ring (bicyclic) bond motifs is 1. The first-order chi connectivity index (χ1) is 8.42. The Labute approximate surface area is 102 Å². The van der Waals surface area contributed by atoms with Gasteiger partial charge in [0.15, 0.2) is 0 Å². The van der Waals surface area contributed by atoms with Gasteiger partial charge in [-0.15, -0.1) is 0 Å². The summed E-state index contributed by atoms with van der Waals surface area (Å²) < 4.78 is 5.80. The maximum atomic E-state index is 5.80. The zero-order chi connectivity index (χ0) is 11.5. The lowest BCUT2D eigenvalue weighted by atomic mass is 10.0. The lowest BCUT2D eigenvalue weighted by Gasteiger charge is -2.32. The van der Waals surface area contributed by atoms with Crippen molar-refractivity contribution in [1.82, 2.24) is 14.9 Å². The first-order valence-electron chi connectivity index (χ1n) is 6.53.